The number of piperazine rings is 1. The molecule has 8 nitrogen and oxygen atoms in total. The number of carbonyl (C=O) groups excluding carboxylic acids is 1. The Labute approximate surface area is 207 Å². The molecule has 0 spiro atoms. The van der Waals surface area contributed by atoms with Gasteiger partial charge in [-0.3, -0.25) is 4.79 Å². The van der Waals surface area contributed by atoms with E-state index in [4.69, 9.17) is 4.74 Å². The first-order valence-corrected chi connectivity index (χ1v) is 14.1. The molecule has 0 bridgehead atoms. The van der Waals surface area contributed by atoms with E-state index in [1.165, 1.54) is 0 Å². The quantitative estimate of drug-likeness (QED) is 0.678. The minimum atomic E-state index is -3.82. The number of ether oxygens (including phenoxy) is 1. The Hall–Kier alpha value is -2.62. The molecule has 3 aliphatic heterocycles. The van der Waals surface area contributed by atoms with Gasteiger partial charge in [0.1, 0.15) is 0 Å². The smallest absolute Gasteiger partial charge is 0.256 e. The topological polar surface area (TPSA) is 82.2 Å². The number of nitrogens with one attached hydrogen (secondary N) is 1. The maximum Gasteiger partial charge on any atom is 0.256 e. The molecule has 3 aliphatic rings. The number of anilines is 2. The molecule has 0 unspecified atom stereocenters. The first-order chi connectivity index (χ1) is 17.1. The summed E-state index contributed by atoms with van der Waals surface area (Å²) in [5.74, 6) is -0.109. The van der Waals surface area contributed by atoms with Crippen LogP contribution in [0.1, 0.15) is 29.6 Å². The lowest BCUT2D eigenvalue weighted by molar-refractivity contribution is 0.0735. The molecule has 0 saturated carbocycles. The number of nitrogens with zero attached hydrogens (tertiary/aromatic N) is 3. The Kier molecular flexibility index (Phi) is 7.27. The van der Waals surface area contributed by atoms with E-state index in [-0.39, 0.29) is 15.7 Å². The minimum Gasteiger partial charge on any atom is -0.378 e. The van der Waals surface area contributed by atoms with Crippen molar-refractivity contribution in [2.45, 2.75) is 29.1 Å². The summed E-state index contributed by atoms with van der Waals surface area (Å²) in [7, 11) is -3.82. The molecule has 188 valence electrons. The van der Waals surface area contributed by atoms with Gasteiger partial charge in [0.2, 0.25) is 9.84 Å². The van der Waals surface area contributed by atoms with Gasteiger partial charge in [-0.1, -0.05) is 18.2 Å². The third-order valence-corrected chi connectivity index (χ3v) is 8.90. The molecule has 0 aliphatic carbocycles. The molecule has 3 saturated heterocycles. The predicted octanol–water partition coefficient (Wildman–Crippen LogP) is 2.39. The summed E-state index contributed by atoms with van der Waals surface area (Å²) >= 11 is 0. The molecular weight excluding hydrogens is 464 g/mol. The zero-order chi connectivity index (χ0) is 24.3. The fourth-order valence-electron chi connectivity index (χ4n) is 5.16. The molecule has 35 heavy (non-hydrogen) atoms. The molecule has 3 heterocycles. The Morgan fingerprint density at radius 2 is 1.46 bits per heavy atom. The Morgan fingerprint density at radius 1 is 0.800 bits per heavy atom. The van der Waals surface area contributed by atoms with Crippen LogP contribution in [0.3, 0.4) is 0 Å². The van der Waals surface area contributed by atoms with Crippen LogP contribution >= 0.6 is 0 Å². The first-order valence-electron chi connectivity index (χ1n) is 12.6. The van der Waals surface area contributed by atoms with Gasteiger partial charge in [-0.15, -0.1) is 0 Å². The van der Waals surface area contributed by atoms with Crippen molar-refractivity contribution in [3.63, 3.8) is 0 Å². The SMILES string of the molecule is O=C(c1cc(S(=O)(=O)c2ccccc2)c(N2CCCCC2)cc1N1CCOCC1)N1CCNCC1. The van der Waals surface area contributed by atoms with Crippen LogP contribution in [0.5, 0.6) is 0 Å². The van der Waals surface area contributed by atoms with E-state index in [2.05, 4.69) is 15.1 Å². The van der Waals surface area contributed by atoms with E-state index in [0.29, 0.717) is 50.6 Å². The fraction of sp³-hybridized carbons (Fsp3) is 0.500. The molecule has 0 aromatic heterocycles. The summed E-state index contributed by atoms with van der Waals surface area (Å²) < 4.78 is 33.5. The number of rotatable bonds is 5. The number of piperidine rings is 1. The van der Waals surface area contributed by atoms with E-state index in [9.17, 15) is 13.2 Å². The van der Waals surface area contributed by atoms with Crippen LogP contribution in [0, 0.1) is 0 Å². The third kappa shape index (κ3) is 5.03. The van der Waals surface area contributed by atoms with Crippen molar-refractivity contribution in [3.8, 4) is 0 Å². The van der Waals surface area contributed by atoms with Crippen molar-refractivity contribution in [1.29, 1.82) is 0 Å². The van der Waals surface area contributed by atoms with Crippen LogP contribution in [-0.4, -0.2) is 84.8 Å². The van der Waals surface area contributed by atoms with E-state index in [1.807, 2.05) is 17.0 Å². The van der Waals surface area contributed by atoms with E-state index in [1.54, 1.807) is 30.3 Å². The Balaban J connectivity index is 1.68. The second-order valence-corrected chi connectivity index (χ2v) is 11.3. The van der Waals surface area contributed by atoms with Gasteiger partial charge in [0.05, 0.1) is 39.9 Å². The average molecular weight is 499 g/mol. The summed E-state index contributed by atoms with van der Waals surface area (Å²) in [5.41, 5.74) is 1.97. The van der Waals surface area contributed by atoms with Gasteiger partial charge in [-0.25, -0.2) is 8.42 Å². The summed E-state index contributed by atoms with van der Waals surface area (Å²) in [4.78, 5) is 20.5. The van der Waals surface area contributed by atoms with Crippen LogP contribution in [0.15, 0.2) is 52.3 Å². The molecule has 3 fully saturated rings. The first kappa shape index (κ1) is 24.1. The maximum atomic E-state index is 13.9. The normalized spacial score (nSPS) is 19.6. The number of morpholine rings is 1. The Morgan fingerprint density at radius 3 is 2.14 bits per heavy atom. The van der Waals surface area contributed by atoms with Crippen molar-refractivity contribution in [3.05, 3.63) is 48.0 Å². The van der Waals surface area contributed by atoms with E-state index >= 15 is 0 Å². The van der Waals surface area contributed by atoms with Crippen molar-refractivity contribution in [1.82, 2.24) is 10.2 Å². The molecule has 1 amide bonds. The van der Waals surface area contributed by atoms with Crippen molar-refractivity contribution in [2.75, 3.05) is 75.4 Å². The molecule has 2 aromatic rings. The maximum absolute atomic E-state index is 13.9. The second kappa shape index (κ2) is 10.6. The highest BCUT2D eigenvalue weighted by Gasteiger charge is 2.32. The van der Waals surface area contributed by atoms with Gasteiger partial charge in [-0.05, 0) is 43.5 Å². The second-order valence-electron chi connectivity index (χ2n) is 9.34. The molecule has 9 heteroatoms. The van der Waals surface area contributed by atoms with Crippen LogP contribution in [-0.2, 0) is 14.6 Å². The lowest BCUT2D eigenvalue weighted by Gasteiger charge is -2.36. The number of benzene rings is 2. The number of hydrogen-bond donors (Lipinski definition) is 1. The Bertz CT molecular complexity index is 1140. The highest BCUT2D eigenvalue weighted by atomic mass is 32.2. The van der Waals surface area contributed by atoms with Gasteiger partial charge in [0.15, 0.2) is 0 Å². The van der Waals surface area contributed by atoms with Crippen LogP contribution in [0.4, 0.5) is 11.4 Å². The largest absolute Gasteiger partial charge is 0.378 e. The molecule has 0 radical (unpaired) electrons. The van der Waals surface area contributed by atoms with Crippen molar-refractivity contribution in [2.24, 2.45) is 0 Å². The van der Waals surface area contributed by atoms with Gasteiger partial charge in [0.25, 0.3) is 5.91 Å². The fourth-order valence-corrected chi connectivity index (χ4v) is 6.66. The van der Waals surface area contributed by atoms with Gasteiger partial charge >= 0.3 is 0 Å². The highest BCUT2D eigenvalue weighted by Crippen LogP contribution is 2.38. The van der Waals surface area contributed by atoms with E-state index in [0.717, 1.165) is 51.1 Å². The summed E-state index contributed by atoms with van der Waals surface area (Å²) in [6.45, 7) is 6.83. The van der Waals surface area contributed by atoms with Crippen LogP contribution in [0.2, 0.25) is 0 Å². The monoisotopic (exact) mass is 498 g/mol. The van der Waals surface area contributed by atoms with Gasteiger partial charge in [0, 0.05) is 52.4 Å². The lowest BCUT2D eigenvalue weighted by Crippen LogP contribution is -2.47. The van der Waals surface area contributed by atoms with Crippen LogP contribution in [0.25, 0.3) is 0 Å². The van der Waals surface area contributed by atoms with Gasteiger partial charge in [-0.2, -0.15) is 0 Å². The standard InChI is InChI=1S/C26H34N4O4S/c31-26(30-13-9-27-10-14-30)22-19-25(35(32,33)21-7-3-1-4-8-21)24(28-11-5-2-6-12-28)20-23(22)29-15-17-34-18-16-29/h1,3-4,7-8,19-20,27H,2,5-6,9-18H2. The average Bonchev–Trinajstić information content (AvgIpc) is 2.94. The molecule has 2 aromatic carbocycles. The van der Waals surface area contributed by atoms with E-state index < -0.39 is 9.84 Å². The van der Waals surface area contributed by atoms with Gasteiger partial charge < -0.3 is 24.8 Å². The zero-order valence-electron chi connectivity index (χ0n) is 20.1. The molecule has 0 atom stereocenters. The zero-order valence-corrected chi connectivity index (χ0v) is 20.9. The molecule has 1 N–H and O–H groups in total. The van der Waals surface area contributed by atoms with Crippen molar-refractivity contribution >= 4 is 27.1 Å². The summed E-state index contributed by atoms with van der Waals surface area (Å²) in [5, 5.41) is 3.28. The lowest BCUT2D eigenvalue weighted by atomic mass is 10.1. The predicted molar refractivity (Wildman–Crippen MR) is 136 cm³/mol. The number of carbonyl (C=O) groups is 1. The van der Waals surface area contributed by atoms with Crippen LogP contribution < -0.4 is 15.1 Å². The minimum absolute atomic E-state index is 0.109. The molecule has 5 rings (SSSR count). The molecular formula is C26H34N4O4S. The third-order valence-electron chi connectivity index (χ3n) is 7.10. The number of amides is 1. The highest BCUT2D eigenvalue weighted by molar-refractivity contribution is 7.91. The number of sulfone groups is 1. The number of hydrogen-bond acceptors (Lipinski definition) is 7. The summed E-state index contributed by atoms with van der Waals surface area (Å²) in [6, 6.07) is 12.2. The summed E-state index contributed by atoms with van der Waals surface area (Å²) in [6.07, 6.45) is 3.20. The van der Waals surface area contributed by atoms with Crippen molar-refractivity contribution < 1.29 is 17.9 Å².